The van der Waals surface area contributed by atoms with E-state index < -0.39 is 6.43 Å². The van der Waals surface area contributed by atoms with Gasteiger partial charge in [0.25, 0.3) is 6.43 Å². The number of fused-ring (bicyclic) bond motifs is 1. The molecule has 0 radical (unpaired) electrons. The lowest BCUT2D eigenvalue weighted by molar-refractivity contribution is 0.0993. The summed E-state index contributed by atoms with van der Waals surface area (Å²) in [4.78, 5) is 17.1. The van der Waals surface area contributed by atoms with Crippen molar-refractivity contribution in [2.24, 2.45) is 0 Å². The van der Waals surface area contributed by atoms with Gasteiger partial charge in [0, 0.05) is 28.1 Å². The third kappa shape index (κ3) is 3.09. The molecule has 1 aliphatic carbocycles. The van der Waals surface area contributed by atoms with Crippen molar-refractivity contribution in [2.45, 2.75) is 31.6 Å². The number of carbonyl (C=O) groups excluding carboxylic acids is 1. The highest BCUT2D eigenvalue weighted by Gasteiger charge is 2.29. The number of benzene rings is 1. The summed E-state index contributed by atoms with van der Waals surface area (Å²) in [6, 6.07) is 6.17. The number of phenols is 1. The summed E-state index contributed by atoms with van der Waals surface area (Å²) >= 11 is 3.30. The average molecular weight is 422 g/mol. The summed E-state index contributed by atoms with van der Waals surface area (Å²) in [5.41, 5.74) is 1.07. The zero-order valence-electron chi connectivity index (χ0n) is 13.5. The van der Waals surface area contributed by atoms with E-state index in [1.165, 1.54) is 18.3 Å². The molecule has 4 rings (SSSR count). The van der Waals surface area contributed by atoms with E-state index in [4.69, 9.17) is 0 Å². The molecule has 2 aromatic heterocycles. The van der Waals surface area contributed by atoms with Gasteiger partial charge in [-0.3, -0.25) is 4.79 Å². The molecule has 1 aromatic carbocycles. The molecule has 5 nitrogen and oxygen atoms in total. The number of hydrogen-bond acceptors (Lipinski definition) is 4. The first-order valence-corrected chi connectivity index (χ1v) is 8.90. The summed E-state index contributed by atoms with van der Waals surface area (Å²) in [6.07, 6.45) is 0.300. The zero-order chi connectivity index (χ0) is 18.4. The molecule has 0 spiro atoms. The maximum Gasteiger partial charge on any atom is 0.280 e. The average Bonchev–Trinajstić information content (AvgIpc) is 3.36. The number of rotatable bonds is 5. The van der Waals surface area contributed by atoms with Crippen LogP contribution in [-0.2, 0) is 6.42 Å². The second kappa shape index (κ2) is 6.42. The van der Waals surface area contributed by atoms with Crippen LogP contribution in [0, 0.1) is 0 Å². The van der Waals surface area contributed by atoms with Crippen molar-refractivity contribution in [2.75, 3.05) is 0 Å². The Bertz CT molecular complexity index is 1020. The monoisotopic (exact) mass is 421 g/mol. The number of hydrogen-bond donors (Lipinski definition) is 1. The number of alkyl halides is 2. The smallest absolute Gasteiger partial charge is 0.280 e. The number of nitrogens with zero attached hydrogens (tertiary/aromatic N) is 3. The highest BCUT2D eigenvalue weighted by atomic mass is 79.9. The van der Waals surface area contributed by atoms with Gasteiger partial charge < -0.3 is 5.11 Å². The maximum atomic E-state index is 13.4. The second-order valence-electron chi connectivity index (χ2n) is 6.35. The fourth-order valence-electron chi connectivity index (χ4n) is 2.91. The standard InChI is InChI=1S/C18H14BrF2N3O2/c19-11-3-4-15(25)10(5-11)6-16(26)12-8-22-24-14(17(20)21)7-13(9-1-2-9)23-18(12)24/h3-5,7-9,17,25H,1-2,6H2. The molecule has 1 N–H and O–H groups in total. The van der Waals surface area contributed by atoms with E-state index in [2.05, 4.69) is 26.0 Å². The predicted molar refractivity (Wildman–Crippen MR) is 93.8 cm³/mol. The van der Waals surface area contributed by atoms with Crippen molar-refractivity contribution >= 4 is 27.4 Å². The number of phenolic OH excluding ortho intramolecular Hbond substituents is 1. The Balaban J connectivity index is 1.76. The van der Waals surface area contributed by atoms with Crippen LogP contribution < -0.4 is 0 Å². The van der Waals surface area contributed by atoms with Crippen molar-refractivity contribution in [3.8, 4) is 5.75 Å². The van der Waals surface area contributed by atoms with Crippen molar-refractivity contribution < 1.29 is 18.7 Å². The largest absolute Gasteiger partial charge is 0.508 e. The maximum absolute atomic E-state index is 13.4. The summed E-state index contributed by atoms with van der Waals surface area (Å²) in [7, 11) is 0. The fraction of sp³-hybridized carbons (Fsp3) is 0.278. The molecule has 1 aliphatic rings. The molecule has 0 amide bonds. The molecule has 26 heavy (non-hydrogen) atoms. The first-order chi connectivity index (χ1) is 12.4. The number of ketones is 1. The Morgan fingerprint density at radius 3 is 2.81 bits per heavy atom. The van der Waals surface area contributed by atoms with Gasteiger partial charge in [0.2, 0.25) is 0 Å². The van der Waals surface area contributed by atoms with Crippen LogP contribution in [0.25, 0.3) is 5.65 Å². The van der Waals surface area contributed by atoms with Crippen LogP contribution in [0.5, 0.6) is 5.75 Å². The summed E-state index contributed by atoms with van der Waals surface area (Å²) < 4.78 is 28.6. The highest BCUT2D eigenvalue weighted by molar-refractivity contribution is 9.10. The van der Waals surface area contributed by atoms with E-state index >= 15 is 0 Å². The fourth-order valence-corrected chi connectivity index (χ4v) is 3.32. The zero-order valence-corrected chi connectivity index (χ0v) is 15.1. The molecular weight excluding hydrogens is 408 g/mol. The van der Waals surface area contributed by atoms with E-state index in [9.17, 15) is 18.7 Å². The SMILES string of the molecule is O=C(Cc1cc(Br)ccc1O)c1cnn2c(C(F)F)cc(C3CC3)nc12. The van der Waals surface area contributed by atoms with Crippen LogP contribution in [0.15, 0.2) is 34.9 Å². The van der Waals surface area contributed by atoms with Gasteiger partial charge in [-0.2, -0.15) is 5.10 Å². The Labute approximate surface area is 155 Å². The summed E-state index contributed by atoms with van der Waals surface area (Å²) in [6.45, 7) is 0. The number of Topliss-reactive ketones (excluding diaryl/α,β-unsaturated/α-hetero) is 1. The van der Waals surface area contributed by atoms with Crippen molar-refractivity contribution in [3.63, 3.8) is 0 Å². The second-order valence-corrected chi connectivity index (χ2v) is 7.26. The first kappa shape index (κ1) is 17.1. The van der Waals surface area contributed by atoms with Gasteiger partial charge in [0.1, 0.15) is 11.4 Å². The van der Waals surface area contributed by atoms with Crippen molar-refractivity contribution in [3.05, 3.63) is 57.4 Å². The van der Waals surface area contributed by atoms with Gasteiger partial charge in [0.05, 0.1) is 11.8 Å². The Hall–Kier alpha value is -2.35. The lowest BCUT2D eigenvalue weighted by Crippen LogP contribution is -2.07. The lowest BCUT2D eigenvalue weighted by Gasteiger charge is -2.08. The van der Waals surface area contributed by atoms with E-state index in [-0.39, 0.29) is 40.8 Å². The van der Waals surface area contributed by atoms with Gasteiger partial charge in [-0.05, 0) is 37.1 Å². The quantitative estimate of drug-likeness (QED) is 0.618. The first-order valence-electron chi connectivity index (χ1n) is 8.11. The molecule has 0 atom stereocenters. The third-order valence-electron chi connectivity index (χ3n) is 4.43. The molecule has 0 bridgehead atoms. The van der Waals surface area contributed by atoms with Gasteiger partial charge in [-0.1, -0.05) is 15.9 Å². The molecule has 0 aliphatic heterocycles. The number of halogens is 3. The molecule has 134 valence electrons. The van der Waals surface area contributed by atoms with Crippen molar-refractivity contribution in [1.82, 2.24) is 14.6 Å². The van der Waals surface area contributed by atoms with Crippen LogP contribution in [0.2, 0.25) is 0 Å². The predicted octanol–water partition coefficient (Wildman–Crippen LogP) is 4.44. The number of carbonyl (C=O) groups is 1. The molecule has 0 saturated heterocycles. The molecule has 1 fully saturated rings. The molecule has 0 unspecified atom stereocenters. The summed E-state index contributed by atoms with van der Waals surface area (Å²) in [5, 5.41) is 13.9. The normalized spacial score (nSPS) is 14.3. The minimum atomic E-state index is -2.71. The van der Waals surface area contributed by atoms with E-state index in [0.717, 1.165) is 21.8 Å². The Kier molecular flexibility index (Phi) is 4.22. The minimum absolute atomic E-state index is 0.00192. The third-order valence-corrected chi connectivity index (χ3v) is 4.92. The molecule has 8 heteroatoms. The number of aromatic hydroxyl groups is 1. The highest BCUT2D eigenvalue weighted by Crippen LogP contribution is 2.40. The molecule has 1 saturated carbocycles. The molecule has 3 aromatic rings. The van der Waals surface area contributed by atoms with Crippen LogP contribution in [0.4, 0.5) is 8.78 Å². The van der Waals surface area contributed by atoms with Gasteiger partial charge in [0.15, 0.2) is 11.4 Å². The van der Waals surface area contributed by atoms with Crippen LogP contribution in [-0.4, -0.2) is 25.5 Å². The summed E-state index contributed by atoms with van der Waals surface area (Å²) in [5.74, 6) is -0.170. The van der Waals surface area contributed by atoms with E-state index in [1.54, 1.807) is 12.1 Å². The molecule has 2 heterocycles. The lowest BCUT2D eigenvalue weighted by atomic mass is 10.0. The van der Waals surface area contributed by atoms with Crippen LogP contribution >= 0.6 is 15.9 Å². The van der Waals surface area contributed by atoms with E-state index in [1.807, 2.05) is 0 Å². The Morgan fingerprint density at radius 2 is 2.12 bits per heavy atom. The van der Waals surface area contributed by atoms with Gasteiger partial charge in [-0.25, -0.2) is 18.3 Å². The van der Waals surface area contributed by atoms with Crippen LogP contribution in [0.1, 0.15) is 52.5 Å². The number of aromatic nitrogens is 3. The molecular formula is C18H14BrF2N3O2. The van der Waals surface area contributed by atoms with Gasteiger partial charge >= 0.3 is 0 Å². The van der Waals surface area contributed by atoms with E-state index in [0.29, 0.717) is 11.3 Å². The Morgan fingerprint density at radius 1 is 1.35 bits per heavy atom. The topological polar surface area (TPSA) is 67.5 Å². The van der Waals surface area contributed by atoms with Gasteiger partial charge in [-0.15, -0.1) is 0 Å². The van der Waals surface area contributed by atoms with Crippen LogP contribution in [0.3, 0.4) is 0 Å². The van der Waals surface area contributed by atoms with Crippen molar-refractivity contribution in [1.29, 1.82) is 0 Å². The minimum Gasteiger partial charge on any atom is -0.508 e.